The van der Waals surface area contributed by atoms with Gasteiger partial charge in [-0.25, -0.2) is 0 Å². The van der Waals surface area contributed by atoms with Crippen LogP contribution in [-0.2, 0) is 0 Å². The third-order valence-electron chi connectivity index (χ3n) is 0. The monoisotopic (exact) mass is 399 g/mol. The van der Waals surface area contributed by atoms with Crippen molar-refractivity contribution in [2.24, 2.45) is 0 Å². The minimum Gasteiger partial charge on any atom is -0.269 e. The predicted molar refractivity (Wildman–Crippen MR) is 14.0 cm³/mol. The van der Waals surface area contributed by atoms with Crippen molar-refractivity contribution < 1.29 is 54.1 Å². The average Bonchev–Trinajstić information content (AvgIpc) is 0. The maximum atomic E-state index is 0. The Hall–Kier alpha value is 4.57. The molecular weight excluding hydrogens is 396 g/mol. The van der Waals surface area contributed by atoms with Crippen molar-refractivity contribution in [3.63, 3.8) is 0 Å². The molecule has 0 aromatic carbocycles. The number of hydrogen-bond donors (Lipinski definition) is 0. The molecule has 0 unspecified atom stereocenters. The fraction of sp³-hybridized carbons (Fsp3) is 0. The van der Waals surface area contributed by atoms with Gasteiger partial charge in [0.25, 0.3) is 0 Å². The van der Waals surface area contributed by atoms with Crippen LogP contribution in [0.2, 0.25) is 0 Å². The molecule has 0 atom stereocenters. The molecule has 0 fully saturated rings. The number of hydrogen-bond acceptors (Lipinski definition) is 0. The van der Waals surface area contributed by atoms with Crippen molar-refractivity contribution in [3.8, 4) is 0 Å². The van der Waals surface area contributed by atoms with Crippen LogP contribution >= 0.6 is 0 Å². The Kier molecular flexibility index (Phi) is 92.0. The van der Waals surface area contributed by atoms with Gasteiger partial charge in [0.1, 0.15) is 0 Å². The first kappa shape index (κ1) is 23.5. The van der Waals surface area contributed by atoms with Crippen molar-refractivity contribution >= 4 is 94.4 Å². The van der Waals surface area contributed by atoms with Gasteiger partial charge < -0.3 is 0 Å². The zero-order valence-corrected chi connectivity index (χ0v) is 12.5. The molecule has 4 heavy (non-hydrogen) atoms. The molecule has 0 heterocycles. The van der Waals surface area contributed by atoms with Gasteiger partial charge in [0, 0.05) is 144 Å². The molecule has 0 spiro atoms. The van der Waals surface area contributed by atoms with Gasteiger partial charge in [0.15, 0.2) is 0 Å². The van der Waals surface area contributed by atoms with Gasteiger partial charge in [-0.15, -0.1) is 0 Å². The SMILES string of the molecule is F.[Ba].[Eu].[Sr]. The fourth-order valence-corrected chi connectivity index (χ4v) is 0. The summed E-state index contributed by atoms with van der Waals surface area (Å²) in [7, 11) is 0. The molecule has 0 saturated carbocycles. The second-order valence-corrected chi connectivity index (χ2v) is 0. The smallest absolute Gasteiger partial charge is 0 e. The van der Waals surface area contributed by atoms with E-state index in [9.17, 15) is 0 Å². The van der Waals surface area contributed by atoms with Crippen LogP contribution in [0.4, 0.5) is 4.70 Å². The Morgan fingerprint density at radius 3 is 1.00 bits per heavy atom. The van der Waals surface area contributed by atoms with Gasteiger partial charge in [-0.1, -0.05) is 0 Å². The Balaban J connectivity index is 0. The van der Waals surface area contributed by atoms with Gasteiger partial charge in [-0.3, -0.25) is 4.70 Å². The van der Waals surface area contributed by atoms with E-state index in [0.29, 0.717) is 0 Å². The average molecular weight is 397 g/mol. The third kappa shape index (κ3) is 9.76. The molecule has 0 rings (SSSR count). The van der Waals surface area contributed by atoms with Gasteiger partial charge >= 0.3 is 0 Å². The summed E-state index contributed by atoms with van der Waals surface area (Å²) in [6.45, 7) is 0. The minimum atomic E-state index is 0. The molecule has 0 aromatic heterocycles. The molecule has 0 bridgehead atoms. The van der Waals surface area contributed by atoms with E-state index in [-0.39, 0.29) is 148 Å². The van der Waals surface area contributed by atoms with Crippen LogP contribution in [0.25, 0.3) is 0 Å². The van der Waals surface area contributed by atoms with Crippen LogP contribution in [0.3, 0.4) is 0 Å². The van der Waals surface area contributed by atoms with Crippen molar-refractivity contribution in [1.82, 2.24) is 0 Å². The molecule has 0 aliphatic rings. The summed E-state index contributed by atoms with van der Waals surface area (Å²) in [5, 5.41) is 0. The number of halogens is 1. The molecule has 0 aliphatic carbocycles. The van der Waals surface area contributed by atoms with E-state index in [2.05, 4.69) is 0 Å². The maximum Gasteiger partial charge on any atom is 0 e. The van der Waals surface area contributed by atoms with E-state index in [4.69, 9.17) is 0 Å². The molecule has 0 nitrogen and oxygen atoms in total. The number of rotatable bonds is 0. The predicted octanol–water partition coefficient (Wildman–Crippen LogP) is -0.609. The van der Waals surface area contributed by atoms with E-state index in [1.165, 1.54) is 0 Å². The normalized spacial score (nSPS) is 0. The molecule has 19 valence electrons. The zero-order valence-electron chi connectivity index (χ0n) is 2.20. The van der Waals surface area contributed by atoms with Crippen molar-refractivity contribution in [2.45, 2.75) is 0 Å². The van der Waals surface area contributed by atoms with Crippen LogP contribution in [-0.4, -0.2) is 94.4 Å². The summed E-state index contributed by atoms with van der Waals surface area (Å²) in [5.41, 5.74) is 0. The van der Waals surface area contributed by atoms with Gasteiger partial charge in [-0.2, -0.15) is 0 Å². The van der Waals surface area contributed by atoms with Gasteiger partial charge in [0.2, 0.25) is 0 Å². The molecule has 0 N–H and O–H groups in total. The van der Waals surface area contributed by atoms with Crippen molar-refractivity contribution in [2.75, 3.05) is 0 Å². The molecule has 0 aromatic rings. The van der Waals surface area contributed by atoms with E-state index in [0.717, 1.165) is 0 Å². The molecular formula is HBaEuFSr. The fourth-order valence-electron chi connectivity index (χ4n) is 0. The van der Waals surface area contributed by atoms with E-state index < -0.39 is 0 Å². The Morgan fingerprint density at radius 2 is 1.00 bits per heavy atom. The van der Waals surface area contributed by atoms with Crippen LogP contribution < -0.4 is 0 Å². The maximum absolute atomic E-state index is 0. The second-order valence-electron chi connectivity index (χ2n) is 0. The Morgan fingerprint density at radius 1 is 1.00 bits per heavy atom. The largest absolute Gasteiger partial charge is 0.269 e. The Bertz CT molecular complexity index is 8.00. The zero-order chi connectivity index (χ0) is 0. The summed E-state index contributed by atoms with van der Waals surface area (Å²) in [6, 6.07) is 0. The second kappa shape index (κ2) is 15.6. The summed E-state index contributed by atoms with van der Waals surface area (Å²) in [6.07, 6.45) is 0. The first-order valence-corrected chi connectivity index (χ1v) is 0. The van der Waals surface area contributed by atoms with E-state index in [1.54, 1.807) is 0 Å². The van der Waals surface area contributed by atoms with Crippen molar-refractivity contribution in [3.05, 3.63) is 0 Å². The van der Waals surface area contributed by atoms with Crippen LogP contribution in [0, 0.1) is 49.4 Å². The van der Waals surface area contributed by atoms with Crippen LogP contribution in [0.15, 0.2) is 0 Å². The third-order valence-corrected chi connectivity index (χ3v) is 0. The van der Waals surface area contributed by atoms with Crippen LogP contribution in [0.1, 0.15) is 0 Å². The summed E-state index contributed by atoms with van der Waals surface area (Å²) >= 11 is 0. The van der Waals surface area contributed by atoms with Gasteiger partial charge in [0.05, 0.1) is 0 Å². The molecule has 0 aliphatic heterocycles. The molecule has 5 radical (unpaired) electrons. The first-order chi connectivity index (χ1) is 0. The summed E-state index contributed by atoms with van der Waals surface area (Å²) in [5.74, 6) is 0. The molecule has 4 heteroatoms. The quantitative estimate of drug-likeness (QED) is 0.479. The van der Waals surface area contributed by atoms with Crippen LogP contribution in [0.5, 0.6) is 0 Å². The molecule has 0 amide bonds. The van der Waals surface area contributed by atoms with Gasteiger partial charge in [-0.05, 0) is 0 Å². The summed E-state index contributed by atoms with van der Waals surface area (Å²) < 4.78 is 0. The Labute approximate surface area is 143 Å². The van der Waals surface area contributed by atoms with Crippen molar-refractivity contribution in [1.29, 1.82) is 0 Å². The standard InChI is InChI=1S/Ba.Eu.FH.Sr/h;;1H;. The topological polar surface area (TPSA) is 0 Å². The van der Waals surface area contributed by atoms with E-state index >= 15 is 0 Å². The first-order valence-electron chi connectivity index (χ1n) is 0. The summed E-state index contributed by atoms with van der Waals surface area (Å²) in [4.78, 5) is 0. The molecule has 0 saturated heterocycles. The van der Waals surface area contributed by atoms with E-state index in [1.807, 2.05) is 0 Å². The minimum absolute atomic E-state index is 0.